The van der Waals surface area contributed by atoms with Crippen molar-refractivity contribution in [1.29, 1.82) is 0 Å². The Morgan fingerprint density at radius 3 is 2.82 bits per heavy atom. The Morgan fingerprint density at radius 2 is 2.07 bits per heavy atom. The van der Waals surface area contributed by atoms with Gasteiger partial charge in [-0.2, -0.15) is 5.10 Å². The maximum absolute atomic E-state index is 12.3. The smallest absolute Gasteiger partial charge is 0.267 e. The molecule has 0 spiro atoms. The van der Waals surface area contributed by atoms with Gasteiger partial charge in [0.15, 0.2) is 0 Å². The van der Waals surface area contributed by atoms with Crippen molar-refractivity contribution in [2.75, 3.05) is 11.9 Å². The molecule has 0 unspecified atom stereocenters. The fourth-order valence-corrected chi connectivity index (χ4v) is 3.79. The quantitative estimate of drug-likeness (QED) is 0.685. The van der Waals surface area contributed by atoms with Crippen molar-refractivity contribution in [2.45, 2.75) is 25.5 Å². The summed E-state index contributed by atoms with van der Waals surface area (Å²) in [6.07, 6.45) is 1.84. The molecule has 2 aromatic heterocycles. The Bertz CT molecular complexity index is 1040. The number of hydrogen-bond donors (Lipinski definition) is 1. The SMILES string of the molecule is O=C(Cn1nc(-c2ccc(Cl)cc2)ccc1=O)Nc1nnc([C@@H]2CCCO2)s1. The fraction of sp³-hybridized carbons (Fsp3) is 0.278. The number of carbonyl (C=O) groups excluding carboxylic acids is 1. The van der Waals surface area contributed by atoms with Gasteiger partial charge in [0.05, 0.1) is 5.69 Å². The third-order valence-electron chi connectivity index (χ3n) is 4.19. The first kappa shape index (κ1) is 18.7. The van der Waals surface area contributed by atoms with E-state index >= 15 is 0 Å². The lowest BCUT2D eigenvalue weighted by Crippen LogP contribution is -2.29. The van der Waals surface area contributed by atoms with Crippen LogP contribution < -0.4 is 10.9 Å². The van der Waals surface area contributed by atoms with Gasteiger partial charge in [0, 0.05) is 23.3 Å². The van der Waals surface area contributed by atoms with Crippen LogP contribution in [-0.2, 0) is 16.1 Å². The van der Waals surface area contributed by atoms with E-state index in [0.717, 1.165) is 28.1 Å². The molecule has 0 bridgehead atoms. The summed E-state index contributed by atoms with van der Waals surface area (Å²) in [7, 11) is 0. The molecular formula is C18H16ClN5O3S. The molecule has 1 aliphatic heterocycles. The molecule has 1 N–H and O–H groups in total. The summed E-state index contributed by atoms with van der Waals surface area (Å²) >= 11 is 7.17. The highest BCUT2D eigenvalue weighted by atomic mass is 35.5. The van der Waals surface area contributed by atoms with Crippen LogP contribution in [0.5, 0.6) is 0 Å². The molecule has 1 aliphatic rings. The average molecular weight is 418 g/mol. The summed E-state index contributed by atoms with van der Waals surface area (Å²) in [5.74, 6) is -0.405. The highest BCUT2D eigenvalue weighted by molar-refractivity contribution is 7.15. The lowest BCUT2D eigenvalue weighted by atomic mass is 10.1. The molecule has 0 aliphatic carbocycles. The van der Waals surface area contributed by atoms with Crippen LogP contribution in [0.25, 0.3) is 11.3 Å². The van der Waals surface area contributed by atoms with Gasteiger partial charge in [-0.3, -0.25) is 14.9 Å². The van der Waals surface area contributed by atoms with Crippen LogP contribution >= 0.6 is 22.9 Å². The normalized spacial score (nSPS) is 16.2. The zero-order valence-corrected chi connectivity index (χ0v) is 16.2. The van der Waals surface area contributed by atoms with Crippen molar-refractivity contribution in [3.63, 3.8) is 0 Å². The van der Waals surface area contributed by atoms with Gasteiger partial charge >= 0.3 is 0 Å². The summed E-state index contributed by atoms with van der Waals surface area (Å²) < 4.78 is 6.68. The van der Waals surface area contributed by atoms with E-state index < -0.39 is 5.91 Å². The Kier molecular flexibility index (Phi) is 5.47. The monoisotopic (exact) mass is 417 g/mol. The molecule has 0 radical (unpaired) electrons. The highest BCUT2D eigenvalue weighted by Crippen LogP contribution is 2.31. The Labute approximate surface area is 169 Å². The number of nitrogens with one attached hydrogen (secondary N) is 1. The lowest BCUT2D eigenvalue weighted by Gasteiger charge is -2.07. The van der Waals surface area contributed by atoms with E-state index in [0.29, 0.717) is 22.5 Å². The standard InChI is InChI=1S/C18H16ClN5O3S/c19-12-5-3-11(4-6-12)13-7-8-16(26)24(23-13)10-15(25)20-18-22-21-17(28-18)14-2-1-9-27-14/h3-8,14H,1-2,9-10H2,(H,20,22,25)/t14-/m0/s1. The van der Waals surface area contributed by atoms with Crippen LogP contribution in [0.2, 0.25) is 5.02 Å². The number of aromatic nitrogens is 4. The number of hydrogen-bond acceptors (Lipinski definition) is 7. The predicted molar refractivity (Wildman–Crippen MR) is 105 cm³/mol. The molecular weight excluding hydrogens is 402 g/mol. The molecule has 3 heterocycles. The second-order valence-corrected chi connectivity index (χ2v) is 7.66. The van der Waals surface area contributed by atoms with Crippen LogP contribution in [0.4, 0.5) is 5.13 Å². The summed E-state index contributed by atoms with van der Waals surface area (Å²) in [4.78, 5) is 24.4. The van der Waals surface area contributed by atoms with E-state index in [1.54, 1.807) is 30.3 Å². The number of ether oxygens (including phenoxy) is 1. The zero-order valence-electron chi connectivity index (χ0n) is 14.7. The maximum atomic E-state index is 12.3. The number of rotatable bonds is 5. The summed E-state index contributed by atoms with van der Waals surface area (Å²) in [6, 6.07) is 10.1. The average Bonchev–Trinajstić information content (AvgIpc) is 3.36. The molecule has 8 nitrogen and oxygen atoms in total. The van der Waals surface area contributed by atoms with Gasteiger partial charge in [-0.1, -0.05) is 35.1 Å². The van der Waals surface area contributed by atoms with E-state index in [9.17, 15) is 9.59 Å². The molecule has 28 heavy (non-hydrogen) atoms. The van der Waals surface area contributed by atoms with Gasteiger partial charge in [0.1, 0.15) is 17.7 Å². The molecule has 1 atom stereocenters. The highest BCUT2D eigenvalue weighted by Gasteiger charge is 2.22. The van der Waals surface area contributed by atoms with E-state index in [1.807, 2.05) is 0 Å². The molecule has 0 saturated carbocycles. The van der Waals surface area contributed by atoms with E-state index in [-0.39, 0.29) is 18.2 Å². The van der Waals surface area contributed by atoms with Gasteiger partial charge in [-0.15, -0.1) is 10.2 Å². The number of halogens is 1. The Morgan fingerprint density at radius 1 is 1.25 bits per heavy atom. The predicted octanol–water partition coefficient (Wildman–Crippen LogP) is 2.91. The van der Waals surface area contributed by atoms with E-state index in [4.69, 9.17) is 16.3 Å². The van der Waals surface area contributed by atoms with Crippen molar-refractivity contribution < 1.29 is 9.53 Å². The summed E-state index contributed by atoms with van der Waals surface area (Å²) in [5, 5.41) is 16.7. The number of nitrogens with zero attached hydrogens (tertiary/aromatic N) is 4. The molecule has 1 aromatic carbocycles. The molecule has 3 aromatic rings. The van der Waals surface area contributed by atoms with Crippen molar-refractivity contribution >= 4 is 34.0 Å². The molecule has 1 saturated heterocycles. The third-order valence-corrected chi connectivity index (χ3v) is 5.37. The van der Waals surface area contributed by atoms with Crippen LogP contribution in [0, 0.1) is 0 Å². The van der Waals surface area contributed by atoms with Crippen molar-refractivity contribution in [1.82, 2.24) is 20.0 Å². The lowest BCUT2D eigenvalue weighted by molar-refractivity contribution is -0.117. The summed E-state index contributed by atoms with van der Waals surface area (Å²) in [6.45, 7) is 0.486. The molecule has 1 fully saturated rings. The van der Waals surface area contributed by atoms with Gasteiger partial charge in [-0.05, 0) is 31.0 Å². The van der Waals surface area contributed by atoms with Crippen LogP contribution in [-0.4, -0.2) is 32.5 Å². The zero-order chi connectivity index (χ0) is 19.5. The largest absolute Gasteiger partial charge is 0.371 e. The van der Waals surface area contributed by atoms with Crippen molar-refractivity contribution in [3.8, 4) is 11.3 Å². The molecule has 10 heteroatoms. The second kappa shape index (κ2) is 8.17. The van der Waals surface area contributed by atoms with Crippen LogP contribution in [0.1, 0.15) is 24.0 Å². The first-order valence-electron chi connectivity index (χ1n) is 8.67. The minimum Gasteiger partial charge on any atom is -0.371 e. The topological polar surface area (TPSA) is 99.0 Å². The maximum Gasteiger partial charge on any atom is 0.267 e. The van der Waals surface area contributed by atoms with Gasteiger partial charge in [-0.25, -0.2) is 4.68 Å². The number of anilines is 1. The molecule has 1 amide bonds. The number of amides is 1. The Hall–Kier alpha value is -2.62. The minimum atomic E-state index is -0.405. The van der Waals surface area contributed by atoms with Gasteiger partial charge < -0.3 is 4.74 Å². The second-order valence-electron chi connectivity index (χ2n) is 6.22. The molecule has 144 valence electrons. The summed E-state index contributed by atoms with van der Waals surface area (Å²) in [5.41, 5.74) is 0.995. The van der Waals surface area contributed by atoms with Crippen molar-refractivity contribution in [3.05, 3.63) is 56.8 Å². The fourth-order valence-electron chi connectivity index (χ4n) is 2.82. The van der Waals surface area contributed by atoms with Gasteiger partial charge in [0.25, 0.3) is 5.56 Å². The Balaban J connectivity index is 1.46. The van der Waals surface area contributed by atoms with Crippen LogP contribution in [0.3, 0.4) is 0 Å². The van der Waals surface area contributed by atoms with Crippen molar-refractivity contribution in [2.24, 2.45) is 0 Å². The van der Waals surface area contributed by atoms with E-state index in [1.165, 1.54) is 17.4 Å². The van der Waals surface area contributed by atoms with E-state index in [2.05, 4.69) is 20.6 Å². The minimum absolute atomic E-state index is 0.0523. The first-order valence-corrected chi connectivity index (χ1v) is 9.87. The number of benzene rings is 1. The van der Waals surface area contributed by atoms with Crippen LogP contribution in [0.15, 0.2) is 41.2 Å². The van der Waals surface area contributed by atoms with Gasteiger partial charge in [0.2, 0.25) is 11.0 Å². The third kappa shape index (κ3) is 4.27. The first-order chi connectivity index (χ1) is 13.6. The molecule has 4 rings (SSSR count). The number of carbonyl (C=O) groups is 1.